The Bertz CT molecular complexity index is 968. The van der Waals surface area contributed by atoms with Crippen LogP contribution in [0.5, 0.6) is 0 Å². The molecule has 1 saturated heterocycles. The van der Waals surface area contributed by atoms with Gasteiger partial charge in [0.15, 0.2) is 0 Å². The zero-order valence-corrected chi connectivity index (χ0v) is 16.5. The summed E-state index contributed by atoms with van der Waals surface area (Å²) < 4.78 is 27.6. The summed E-state index contributed by atoms with van der Waals surface area (Å²) in [7, 11) is -3.26. The highest BCUT2D eigenvalue weighted by Gasteiger charge is 2.36. The third-order valence-electron chi connectivity index (χ3n) is 4.92. The Labute approximate surface area is 154 Å². The standard InChI is InChI=1S/C18H26N4O3S/c1-12(2)15-10-21(11-16(15)20-26(4,24)25)9-14-8-18(23)22-6-5-13(3)7-17(22)19-14/h5-8,12,15-16,20H,9-11H2,1-4H3/t15-,16+/m0/s1. The van der Waals surface area contributed by atoms with Gasteiger partial charge in [0.25, 0.3) is 5.56 Å². The lowest BCUT2D eigenvalue weighted by atomic mass is 9.92. The van der Waals surface area contributed by atoms with Crippen LogP contribution in [0.25, 0.3) is 5.65 Å². The van der Waals surface area contributed by atoms with Gasteiger partial charge in [0.1, 0.15) is 5.65 Å². The van der Waals surface area contributed by atoms with Gasteiger partial charge in [0.2, 0.25) is 10.0 Å². The van der Waals surface area contributed by atoms with E-state index in [0.717, 1.165) is 12.1 Å². The Morgan fingerprint density at radius 2 is 2.04 bits per heavy atom. The second-order valence-electron chi connectivity index (χ2n) is 7.62. The lowest BCUT2D eigenvalue weighted by Gasteiger charge is -2.21. The van der Waals surface area contributed by atoms with Crippen molar-refractivity contribution in [3.63, 3.8) is 0 Å². The number of pyridine rings is 1. The minimum Gasteiger partial charge on any atom is -0.296 e. The molecule has 142 valence electrons. The maximum absolute atomic E-state index is 12.3. The van der Waals surface area contributed by atoms with Crippen molar-refractivity contribution in [2.45, 2.75) is 33.4 Å². The molecule has 0 saturated carbocycles. The summed E-state index contributed by atoms with van der Waals surface area (Å²) in [6, 6.07) is 5.21. The Hall–Kier alpha value is -1.77. The highest BCUT2D eigenvalue weighted by molar-refractivity contribution is 7.88. The van der Waals surface area contributed by atoms with Crippen molar-refractivity contribution in [3.05, 3.63) is 46.0 Å². The fourth-order valence-corrected chi connectivity index (χ4v) is 4.48. The Morgan fingerprint density at radius 1 is 1.31 bits per heavy atom. The van der Waals surface area contributed by atoms with E-state index in [1.54, 1.807) is 12.3 Å². The van der Waals surface area contributed by atoms with E-state index in [9.17, 15) is 13.2 Å². The third kappa shape index (κ3) is 4.31. The number of nitrogens with zero attached hydrogens (tertiary/aromatic N) is 3. The number of fused-ring (bicyclic) bond motifs is 1. The smallest absolute Gasteiger partial charge is 0.258 e. The molecule has 0 unspecified atom stereocenters. The summed E-state index contributed by atoms with van der Waals surface area (Å²) in [5, 5.41) is 0. The average Bonchev–Trinajstić information content (AvgIpc) is 2.87. The predicted molar refractivity (Wildman–Crippen MR) is 102 cm³/mol. The SMILES string of the molecule is Cc1ccn2c(=O)cc(CN3C[C@@H](NS(C)(=O)=O)[C@H](C(C)C)C3)nc2c1. The van der Waals surface area contributed by atoms with Crippen molar-refractivity contribution >= 4 is 15.7 Å². The Kier molecular flexibility index (Phi) is 5.18. The van der Waals surface area contributed by atoms with Crippen LogP contribution in [0.3, 0.4) is 0 Å². The predicted octanol–water partition coefficient (Wildman–Crippen LogP) is 1.01. The van der Waals surface area contributed by atoms with E-state index in [1.165, 1.54) is 10.7 Å². The van der Waals surface area contributed by atoms with Crippen LogP contribution in [0.2, 0.25) is 0 Å². The van der Waals surface area contributed by atoms with Crippen molar-refractivity contribution in [1.82, 2.24) is 19.0 Å². The summed E-state index contributed by atoms with van der Waals surface area (Å²) in [5.41, 5.74) is 2.30. The monoisotopic (exact) mass is 378 g/mol. The molecule has 1 aliphatic rings. The van der Waals surface area contributed by atoms with E-state index in [0.29, 0.717) is 30.3 Å². The molecule has 0 aliphatic carbocycles. The minimum atomic E-state index is -3.26. The summed E-state index contributed by atoms with van der Waals surface area (Å²) in [5.74, 6) is 0.589. The molecule has 7 nitrogen and oxygen atoms in total. The van der Waals surface area contributed by atoms with Crippen molar-refractivity contribution in [2.24, 2.45) is 11.8 Å². The molecule has 1 N–H and O–H groups in total. The van der Waals surface area contributed by atoms with Gasteiger partial charge in [-0.3, -0.25) is 14.1 Å². The first-order chi connectivity index (χ1) is 12.1. The molecular formula is C18H26N4O3S. The molecule has 0 bridgehead atoms. The normalized spacial score (nSPS) is 21.7. The molecule has 3 rings (SSSR count). The fourth-order valence-electron chi connectivity index (χ4n) is 3.68. The van der Waals surface area contributed by atoms with Gasteiger partial charge < -0.3 is 0 Å². The van der Waals surface area contributed by atoms with Crippen LogP contribution in [0.4, 0.5) is 0 Å². The van der Waals surface area contributed by atoms with Crippen LogP contribution >= 0.6 is 0 Å². The van der Waals surface area contributed by atoms with E-state index in [-0.39, 0.29) is 17.5 Å². The Balaban J connectivity index is 1.82. The first-order valence-electron chi connectivity index (χ1n) is 8.81. The second kappa shape index (κ2) is 7.09. The van der Waals surface area contributed by atoms with Crippen LogP contribution in [0.15, 0.2) is 29.2 Å². The number of sulfonamides is 1. The lowest BCUT2D eigenvalue weighted by molar-refractivity contribution is 0.293. The molecule has 1 aliphatic heterocycles. The van der Waals surface area contributed by atoms with Gasteiger partial charge in [-0.05, 0) is 36.5 Å². The van der Waals surface area contributed by atoms with E-state index < -0.39 is 10.0 Å². The van der Waals surface area contributed by atoms with E-state index in [2.05, 4.69) is 28.5 Å². The zero-order chi connectivity index (χ0) is 19.1. The highest BCUT2D eigenvalue weighted by Crippen LogP contribution is 2.26. The van der Waals surface area contributed by atoms with Crippen LogP contribution in [0.1, 0.15) is 25.1 Å². The van der Waals surface area contributed by atoms with Gasteiger partial charge >= 0.3 is 0 Å². The number of nitrogens with one attached hydrogen (secondary N) is 1. The van der Waals surface area contributed by atoms with Crippen LogP contribution in [-0.4, -0.2) is 48.1 Å². The molecule has 8 heteroatoms. The third-order valence-corrected chi connectivity index (χ3v) is 5.65. The fraction of sp³-hybridized carbons (Fsp3) is 0.556. The first-order valence-corrected chi connectivity index (χ1v) is 10.7. The van der Waals surface area contributed by atoms with Gasteiger partial charge in [-0.25, -0.2) is 18.1 Å². The quantitative estimate of drug-likeness (QED) is 0.839. The molecule has 0 amide bonds. The van der Waals surface area contributed by atoms with Crippen molar-refractivity contribution in [1.29, 1.82) is 0 Å². The van der Waals surface area contributed by atoms with Crippen molar-refractivity contribution in [3.8, 4) is 0 Å². The largest absolute Gasteiger partial charge is 0.296 e. The summed E-state index contributed by atoms with van der Waals surface area (Å²) in [4.78, 5) is 19.1. The van der Waals surface area contributed by atoms with Crippen molar-refractivity contribution in [2.75, 3.05) is 19.3 Å². The van der Waals surface area contributed by atoms with Gasteiger partial charge in [0, 0.05) is 37.9 Å². The lowest BCUT2D eigenvalue weighted by Crippen LogP contribution is -2.41. The van der Waals surface area contributed by atoms with Gasteiger partial charge in [-0.15, -0.1) is 0 Å². The van der Waals surface area contributed by atoms with E-state index >= 15 is 0 Å². The number of rotatable bonds is 5. The van der Waals surface area contributed by atoms with Crippen LogP contribution < -0.4 is 10.3 Å². The summed E-state index contributed by atoms with van der Waals surface area (Å²) in [6.45, 7) is 8.10. The van der Waals surface area contributed by atoms with E-state index in [4.69, 9.17) is 0 Å². The zero-order valence-electron chi connectivity index (χ0n) is 15.6. The second-order valence-corrected chi connectivity index (χ2v) is 9.40. The number of likely N-dealkylation sites (tertiary alicyclic amines) is 1. The van der Waals surface area contributed by atoms with Crippen LogP contribution in [-0.2, 0) is 16.6 Å². The number of hydrogen-bond acceptors (Lipinski definition) is 5. The number of aryl methyl sites for hydroxylation is 1. The van der Waals surface area contributed by atoms with Crippen molar-refractivity contribution < 1.29 is 8.42 Å². The Morgan fingerprint density at radius 3 is 2.69 bits per heavy atom. The molecule has 3 heterocycles. The molecule has 0 spiro atoms. The first kappa shape index (κ1) is 19.0. The molecule has 1 fully saturated rings. The van der Waals surface area contributed by atoms with Gasteiger partial charge in [-0.2, -0.15) is 0 Å². The van der Waals surface area contributed by atoms with Crippen LogP contribution in [0, 0.1) is 18.8 Å². The maximum Gasteiger partial charge on any atom is 0.258 e. The van der Waals surface area contributed by atoms with Gasteiger partial charge in [-0.1, -0.05) is 13.8 Å². The summed E-state index contributed by atoms with van der Waals surface area (Å²) >= 11 is 0. The molecule has 26 heavy (non-hydrogen) atoms. The maximum atomic E-state index is 12.3. The average molecular weight is 378 g/mol. The molecule has 2 aromatic rings. The molecule has 2 atom stereocenters. The summed E-state index contributed by atoms with van der Waals surface area (Å²) in [6.07, 6.45) is 2.93. The highest BCUT2D eigenvalue weighted by atomic mass is 32.2. The molecule has 0 radical (unpaired) electrons. The molecule has 2 aromatic heterocycles. The topological polar surface area (TPSA) is 83.8 Å². The van der Waals surface area contributed by atoms with E-state index in [1.807, 2.05) is 19.1 Å². The number of hydrogen-bond donors (Lipinski definition) is 1. The molecule has 0 aromatic carbocycles. The molecular weight excluding hydrogens is 352 g/mol. The minimum absolute atomic E-state index is 0.101. The number of aromatic nitrogens is 2. The van der Waals surface area contributed by atoms with Gasteiger partial charge in [0.05, 0.1) is 11.9 Å².